The van der Waals surface area contributed by atoms with E-state index in [4.69, 9.17) is 14.2 Å². The summed E-state index contributed by atoms with van der Waals surface area (Å²) in [7, 11) is 4.61. The molecule has 2 unspecified atom stereocenters. The number of hydrogen-bond acceptors (Lipinski definition) is 5. The molecule has 0 aliphatic carbocycles. The van der Waals surface area contributed by atoms with Crippen molar-refractivity contribution in [1.29, 1.82) is 0 Å². The molecule has 0 saturated carbocycles. The van der Waals surface area contributed by atoms with Gasteiger partial charge in [0.25, 0.3) is 0 Å². The Balaban J connectivity index is 2.24. The van der Waals surface area contributed by atoms with E-state index in [0.29, 0.717) is 41.3 Å². The summed E-state index contributed by atoms with van der Waals surface area (Å²) in [4.78, 5) is 13.7. The second-order valence-electron chi connectivity index (χ2n) is 6.63. The first kappa shape index (κ1) is 19.9. The van der Waals surface area contributed by atoms with Gasteiger partial charge in [-0.2, -0.15) is 0 Å². The zero-order chi connectivity index (χ0) is 20.3. The fourth-order valence-corrected chi connectivity index (χ4v) is 3.86. The Morgan fingerprint density at radius 3 is 2.32 bits per heavy atom. The number of carboxylic acids is 1. The SMILES string of the molecule is COc1ccc(OC)c(C(c2cc(F)ccc2OC)N2CCCC2C(=O)O)c1. The summed E-state index contributed by atoms with van der Waals surface area (Å²) in [6.07, 6.45) is 1.26. The number of likely N-dealkylation sites (tertiary alicyclic amines) is 1. The molecule has 7 heteroatoms. The molecule has 1 saturated heterocycles. The molecule has 2 aromatic rings. The van der Waals surface area contributed by atoms with Crippen molar-refractivity contribution < 1.29 is 28.5 Å². The van der Waals surface area contributed by atoms with Crippen molar-refractivity contribution >= 4 is 5.97 Å². The molecule has 1 fully saturated rings. The molecule has 1 N–H and O–H groups in total. The fourth-order valence-electron chi connectivity index (χ4n) is 3.86. The monoisotopic (exact) mass is 389 g/mol. The Morgan fingerprint density at radius 2 is 1.71 bits per heavy atom. The highest BCUT2D eigenvalue weighted by Gasteiger charge is 2.39. The van der Waals surface area contributed by atoms with E-state index in [9.17, 15) is 14.3 Å². The molecule has 1 aliphatic rings. The number of ether oxygens (including phenoxy) is 3. The standard InChI is InChI=1S/C21H24FNO5/c1-26-14-7-9-19(28-3)16(12-14)20(23-10-4-5-17(23)21(24)25)15-11-13(22)6-8-18(15)27-2/h6-9,11-12,17,20H,4-5,10H2,1-3H3,(H,24,25). The molecule has 0 radical (unpaired) electrons. The average Bonchev–Trinajstić information content (AvgIpc) is 3.18. The molecule has 6 nitrogen and oxygen atoms in total. The molecule has 3 rings (SSSR count). The van der Waals surface area contributed by atoms with Crippen molar-refractivity contribution in [2.24, 2.45) is 0 Å². The predicted octanol–water partition coefficient (Wildman–Crippen LogP) is 3.49. The van der Waals surface area contributed by atoms with Gasteiger partial charge in [0.15, 0.2) is 0 Å². The quantitative estimate of drug-likeness (QED) is 0.782. The van der Waals surface area contributed by atoms with Gasteiger partial charge in [0.05, 0.1) is 27.4 Å². The third kappa shape index (κ3) is 3.75. The number of rotatable bonds is 7. The molecule has 2 aromatic carbocycles. The van der Waals surface area contributed by atoms with E-state index in [-0.39, 0.29) is 0 Å². The van der Waals surface area contributed by atoms with Gasteiger partial charge in [0, 0.05) is 17.7 Å². The normalized spacial score (nSPS) is 17.9. The maximum absolute atomic E-state index is 14.2. The fraction of sp³-hybridized carbons (Fsp3) is 0.381. The zero-order valence-electron chi connectivity index (χ0n) is 16.1. The maximum Gasteiger partial charge on any atom is 0.320 e. The Hall–Kier alpha value is -2.80. The summed E-state index contributed by atoms with van der Waals surface area (Å²) in [6, 6.07) is 8.33. The average molecular weight is 389 g/mol. The molecule has 1 heterocycles. The molecule has 0 aromatic heterocycles. The van der Waals surface area contributed by atoms with Gasteiger partial charge in [0.1, 0.15) is 29.1 Å². The van der Waals surface area contributed by atoms with Crippen LogP contribution in [0.1, 0.15) is 30.0 Å². The van der Waals surface area contributed by atoms with Crippen molar-refractivity contribution in [3.05, 3.63) is 53.3 Å². The van der Waals surface area contributed by atoms with E-state index >= 15 is 0 Å². The van der Waals surface area contributed by atoms with Crippen LogP contribution in [0.4, 0.5) is 4.39 Å². The minimum absolute atomic E-state index is 0.422. The van der Waals surface area contributed by atoms with Crippen LogP contribution >= 0.6 is 0 Å². The predicted molar refractivity (Wildman–Crippen MR) is 102 cm³/mol. The Kier molecular flexibility index (Phi) is 6.04. The largest absolute Gasteiger partial charge is 0.497 e. The second-order valence-corrected chi connectivity index (χ2v) is 6.63. The summed E-state index contributed by atoms with van der Waals surface area (Å²) >= 11 is 0. The van der Waals surface area contributed by atoms with Crippen LogP contribution in [0, 0.1) is 5.82 Å². The number of benzene rings is 2. The van der Waals surface area contributed by atoms with Crippen LogP contribution in [0.2, 0.25) is 0 Å². The van der Waals surface area contributed by atoms with Gasteiger partial charge in [-0.05, 0) is 49.2 Å². The Morgan fingerprint density at radius 1 is 1.07 bits per heavy atom. The van der Waals surface area contributed by atoms with Crippen LogP contribution in [0.5, 0.6) is 17.2 Å². The summed E-state index contributed by atoms with van der Waals surface area (Å²) in [5, 5.41) is 9.73. The molecular formula is C21H24FNO5. The number of carbonyl (C=O) groups is 1. The first-order valence-electron chi connectivity index (χ1n) is 9.04. The molecular weight excluding hydrogens is 365 g/mol. The lowest BCUT2D eigenvalue weighted by Gasteiger charge is -2.33. The van der Waals surface area contributed by atoms with E-state index in [1.165, 1.54) is 19.2 Å². The molecule has 150 valence electrons. The van der Waals surface area contributed by atoms with Gasteiger partial charge in [-0.25, -0.2) is 4.39 Å². The van der Waals surface area contributed by atoms with Crippen molar-refractivity contribution in [2.75, 3.05) is 27.9 Å². The van der Waals surface area contributed by atoms with Crippen molar-refractivity contribution in [3.63, 3.8) is 0 Å². The van der Waals surface area contributed by atoms with Crippen LogP contribution in [0.3, 0.4) is 0 Å². The summed E-state index contributed by atoms with van der Waals surface area (Å²) in [6.45, 7) is 0.557. The van der Waals surface area contributed by atoms with Crippen molar-refractivity contribution in [3.8, 4) is 17.2 Å². The number of hydrogen-bond donors (Lipinski definition) is 1. The third-order valence-electron chi connectivity index (χ3n) is 5.13. The summed E-state index contributed by atoms with van der Waals surface area (Å²) < 4.78 is 30.6. The van der Waals surface area contributed by atoms with Crippen LogP contribution in [0.25, 0.3) is 0 Å². The maximum atomic E-state index is 14.2. The summed E-state index contributed by atoms with van der Waals surface area (Å²) in [5.41, 5.74) is 1.24. The highest BCUT2D eigenvalue weighted by Crippen LogP contribution is 2.43. The van der Waals surface area contributed by atoms with E-state index < -0.39 is 23.9 Å². The molecule has 28 heavy (non-hydrogen) atoms. The Bertz CT molecular complexity index is 857. The van der Waals surface area contributed by atoms with Gasteiger partial charge in [0.2, 0.25) is 0 Å². The lowest BCUT2D eigenvalue weighted by Crippen LogP contribution is -2.39. The molecule has 0 amide bonds. The Labute approximate surface area is 163 Å². The smallest absolute Gasteiger partial charge is 0.320 e. The van der Waals surface area contributed by atoms with Crippen LogP contribution < -0.4 is 14.2 Å². The minimum Gasteiger partial charge on any atom is -0.497 e. The molecule has 2 atom stereocenters. The van der Waals surface area contributed by atoms with Crippen LogP contribution in [-0.2, 0) is 4.79 Å². The number of methoxy groups -OCH3 is 3. The first-order valence-corrected chi connectivity index (χ1v) is 9.04. The van der Waals surface area contributed by atoms with Gasteiger partial charge in [-0.1, -0.05) is 0 Å². The van der Waals surface area contributed by atoms with Crippen LogP contribution in [-0.4, -0.2) is 49.9 Å². The highest BCUT2D eigenvalue weighted by molar-refractivity contribution is 5.74. The number of carboxylic acid groups (broad SMARTS) is 1. The molecule has 0 bridgehead atoms. The van der Waals surface area contributed by atoms with Crippen LogP contribution in [0.15, 0.2) is 36.4 Å². The van der Waals surface area contributed by atoms with Gasteiger partial charge in [-0.3, -0.25) is 9.69 Å². The first-order chi connectivity index (χ1) is 13.5. The second kappa shape index (κ2) is 8.48. The van der Waals surface area contributed by atoms with Gasteiger partial charge >= 0.3 is 5.97 Å². The van der Waals surface area contributed by atoms with Gasteiger partial charge < -0.3 is 19.3 Å². The van der Waals surface area contributed by atoms with Crippen molar-refractivity contribution in [2.45, 2.75) is 24.9 Å². The molecule has 1 aliphatic heterocycles. The van der Waals surface area contributed by atoms with Crippen molar-refractivity contribution in [1.82, 2.24) is 4.90 Å². The van der Waals surface area contributed by atoms with E-state index in [1.807, 2.05) is 4.90 Å². The number of aliphatic carboxylic acids is 1. The molecule has 0 spiro atoms. The lowest BCUT2D eigenvalue weighted by atomic mass is 9.94. The third-order valence-corrected chi connectivity index (χ3v) is 5.13. The zero-order valence-corrected chi connectivity index (χ0v) is 16.1. The number of halogens is 1. The highest BCUT2D eigenvalue weighted by atomic mass is 19.1. The topological polar surface area (TPSA) is 68.2 Å². The van der Waals surface area contributed by atoms with E-state index in [1.54, 1.807) is 38.5 Å². The lowest BCUT2D eigenvalue weighted by molar-refractivity contribution is -0.142. The minimum atomic E-state index is -0.903. The van der Waals surface area contributed by atoms with E-state index in [0.717, 1.165) is 6.42 Å². The van der Waals surface area contributed by atoms with Gasteiger partial charge in [-0.15, -0.1) is 0 Å². The number of nitrogens with zero attached hydrogens (tertiary/aromatic N) is 1. The van der Waals surface area contributed by atoms with E-state index in [2.05, 4.69) is 0 Å². The summed E-state index contributed by atoms with van der Waals surface area (Å²) in [5.74, 6) is 0.316.